The summed E-state index contributed by atoms with van der Waals surface area (Å²) in [5.74, 6) is 1.45. The summed E-state index contributed by atoms with van der Waals surface area (Å²) in [4.78, 5) is 26.8. The summed E-state index contributed by atoms with van der Waals surface area (Å²) in [7, 11) is 0. The number of hydrogen-bond acceptors (Lipinski definition) is 2. The average molecular weight is 292 g/mol. The van der Waals surface area contributed by atoms with E-state index >= 15 is 0 Å². The zero-order valence-corrected chi connectivity index (χ0v) is 13.0. The van der Waals surface area contributed by atoms with Gasteiger partial charge in [-0.1, -0.05) is 19.3 Å². The summed E-state index contributed by atoms with van der Waals surface area (Å²) in [6.07, 6.45) is 10.2. The van der Waals surface area contributed by atoms with E-state index in [1.165, 1.54) is 32.1 Å². The minimum atomic E-state index is 0.0186. The lowest BCUT2D eigenvalue weighted by atomic mass is 9.87. The molecule has 0 aromatic carbocycles. The van der Waals surface area contributed by atoms with Crippen LogP contribution < -0.4 is 5.32 Å². The number of rotatable bonds is 4. The average Bonchev–Trinajstić information content (AvgIpc) is 3.37. The van der Waals surface area contributed by atoms with Crippen LogP contribution in [0.25, 0.3) is 0 Å². The number of carbonyl (C=O) groups is 2. The van der Waals surface area contributed by atoms with Crippen molar-refractivity contribution in [2.45, 2.75) is 57.8 Å². The lowest BCUT2D eigenvalue weighted by molar-refractivity contribution is -0.140. The number of nitrogens with zero attached hydrogens (tertiary/aromatic N) is 1. The molecule has 2 saturated carbocycles. The van der Waals surface area contributed by atoms with E-state index in [9.17, 15) is 9.59 Å². The predicted octanol–water partition coefficient (Wildman–Crippen LogP) is 2.33. The molecule has 0 bridgehead atoms. The van der Waals surface area contributed by atoms with Crippen molar-refractivity contribution >= 4 is 11.8 Å². The van der Waals surface area contributed by atoms with Crippen molar-refractivity contribution < 1.29 is 9.59 Å². The van der Waals surface area contributed by atoms with E-state index in [2.05, 4.69) is 5.32 Å². The highest BCUT2D eigenvalue weighted by Crippen LogP contribution is 2.29. The highest BCUT2D eigenvalue weighted by Gasteiger charge is 2.32. The quantitative estimate of drug-likeness (QED) is 0.864. The smallest absolute Gasteiger partial charge is 0.225 e. The third-order valence-electron chi connectivity index (χ3n) is 5.32. The van der Waals surface area contributed by atoms with Gasteiger partial charge in [-0.25, -0.2) is 0 Å². The van der Waals surface area contributed by atoms with Crippen molar-refractivity contribution in [3.8, 4) is 0 Å². The first kappa shape index (κ1) is 14.9. The molecule has 118 valence electrons. The Labute approximate surface area is 127 Å². The molecule has 2 aliphatic carbocycles. The van der Waals surface area contributed by atoms with Crippen LogP contribution >= 0.6 is 0 Å². The maximum absolute atomic E-state index is 12.6. The largest absolute Gasteiger partial charge is 0.356 e. The molecule has 3 aliphatic rings. The van der Waals surface area contributed by atoms with Crippen LogP contribution in [0.1, 0.15) is 57.8 Å². The molecule has 1 aliphatic heterocycles. The highest BCUT2D eigenvalue weighted by atomic mass is 16.2. The Morgan fingerprint density at radius 3 is 2.33 bits per heavy atom. The van der Waals surface area contributed by atoms with Gasteiger partial charge in [0.2, 0.25) is 11.8 Å². The molecule has 1 atom stereocenters. The van der Waals surface area contributed by atoms with Crippen LogP contribution in [0, 0.1) is 17.8 Å². The summed E-state index contributed by atoms with van der Waals surface area (Å²) in [6, 6.07) is 0. The van der Waals surface area contributed by atoms with Gasteiger partial charge in [0.25, 0.3) is 0 Å². The SMILES string of the molecule is O=C(NCC1CC1)[C@@H]1CCCN(C(=O)C2CCCCC2)C1. The Hall–Kier alpha value is -1.06. The lowest BCUT2D eigenvalue weighted by Gasteiger charge is -2.35. The Morgan fingerprint density at radius 1 is 0.905 bits per heavy atom. The predicted molar refractivity (Wildman–Crippen MR) is 81.6 cm³/mol. The topological polar surface area (TPSA) is 49.4 Å². The third-order valence-corrected chi connectivity index (χ3v) is 5.32. The molecule has 0 aromatic rings. The van der Waals surface area contributed by atoms with Crippen molar-refractivity contribution in [3.05, 3.63) is 0 Å². The van der Waals surface area contributed by atoms with Gasteiger partial charge in [0.1, 0.15) is 0 Å². The standard InChI is InChI=1S/C17H28N2O2/c20-16(18-11-13-8-9-13)15-7-4-10-19(12-15)17(21)14-5-2-1-3-6-14/h13-15H,1-12H2,(H,18,20)/t15-/m1/s1. The first-order valence-electron chi connectivity index (χ1n) is 8.80. The summed E-state index contributed by atoms with van der Waals surface area (Å²) in [5, 5.41) is 3.08. The van der Waals surface area contributed by atoms with Gasteiger partial charge in [-0.2, -0.15) is 0 Å². The van der Waals surface area contributed by atoms with E-state index in [0.29, 0.717) is 12.5 Å². The van der Waals surface area contributed by atoms with Crippen molar-refractivity contribution in [1.82, 2.24) is 10.2 Å². The Kier molecular flexibility index (Phi) is 4.81. The van der Waals surface area contributed by atoms with Crippen LogP contribution in [-0.2, 0) is 9.59 Å². The lowest BCUT2D eigenvalue weighted by Crippen LogP contribution is -2.47. The summed E-state index contributed by atoms with van der Waals surface area (Å²) >= 11 is 0. The van der Waals surface area contributed by atoms with Gasteiger partial charge >= 0.3 is 0 Å². The summed E-state index contributed by atoms with van der Waals surface area (Å²) in [5.41, 5.74) is 0. The van der Waals surface area contributed by atoms with Crippen LogP contribution in [0.2, 0.25) is 0 Å². The van der Waals surface area contributed by atoms with E-state index in [-0.39, 0.29) is 17.7 Å². The van der Waals surface area contributed by atoms with Crippen LogP contribution in [0.5, 0.6) is 0 Å². The minimum Gasteiger partial charge on any atom is -0.356 e. The van der Waals surface area contributed by atoms with E-state index in [4.69, 9.17) is 0 Å². The first-order valence-corrected chi connectivity index (χ1v) is 8.80. The molecule has 1 saturated heterocycles. The van der Waals surface area contributed by atoms with Crippen LogP contribution in [0.3, 0.4) is 0 Å². The molecule has 4 nitrogen and oxygen atoms in total. The van der Waals surface area contributed by atoms with Crippen LogP contribution in [0.4, 0.5) is 0 Å². The van der Waals surface area contributed by atoms with Crippen molar-refractivity contribution in [2.75, 3.05) is 19.6 Å². The number of carbonyl (C=O) groups excluding carboxylic acids is 2. The van der Waals surface area contributed by atoms with Crippen LogP contribution in [0.15, 0.2) is 0 Å². The fourth-order valence-corrected chi connectivity index (χ4v) is 3.71. The third kappa shape index (κ3) is 3.98. The molecular formula is C17H28N2O2. The van der Waals surface area contributed by atoms with Crippen LogP contribution in [-0.4, -0.2) is 36.3 Å². The number of amides is 2. The zero-order chi connectivity index (χ0) is 14.7. The first-order chi connectivity index (χ1) is 10.2. The summed E-state index contributed by atoms with van der Waals surface area (Å²) in [6.45, 7) is 2.33. The highest BCUT2D eigenvalue weighted by molar-refractivity contribution is 5.82. The molecule has 4 heteroatoms. The Bertz CT molecular complexity index is 386. The summed E-state index contributed by atoms with van der Waals surface area (Å²) < 4.78 is 0. The van der Waals surface area contributed by atoms with Gasteiger partial charge in [0.05, 0.1) is 5.92 Å². The van der Waals surface area contributed by atoms with Crippen molar-refractivity contribution in [3.63, 3.8) is 0 Å². The van der Waals surface area contributed by atoms with Gasteiger partial charge in [-0.3, -0.25) is 9.59 Å². The number of nitrogens with one attached hydrogen (secondary N) is 1. The van der Waals surface area contributed by atoms with E-state index in [1.807, 2.05) is 4.90 Å². The molecule has 1 N–H and O–H groups in total. The number of hydrogen-bond donors (Lipinski definition) is 1. The zero-order valence-electron chi connectivity index (χ0n) is 13.0. The molecule has 21 heavy (non-hydrogen) atoms. The van der Waals surface area contributed by atoms with Crippen molar-refractivity contribution in [2.24, 2.45) is 17.8 Å². The van der Waals surface area contributed by atoms with Gasteiger partial charge in [-0.15, -0.1) is 0 Å². The fraction of sp³-hybridized carbons (Fsp3) is 0.882. The second-order valence-electron chi connectivity index (χ2n) is 7.15. The maximum Gasteiger partial charge on any atom is 0.225 e. The molecule has 1 heterocycles. The second-order valence-corrected chi connectivity index (χ2v) is 7.15. The maximum atomic E-state index is 12.6. The molecular weight excluding hydrogens is 264 g/mol. The normalized spacial score (nSPS) is 27.4. The molecule has 2 amide bonds. The monoisotopic (exact) mass is 292 g/mol. The molecule has 0 radical (unpaired) electrons. The fourth-order valence-electron chi connectivity index (χ4n) is 3.71. The number of piperidine rings is 1. The molecule has 3 rings (SSSR count). The van der Waals surface area contributed by atoms with Gasteiger partial charge in [0, 0.05) is 25.6 Å². The van der Waals surface area contributed by atoms with Crippen molar-refractivity contribution in [1.29, 1.82) is 0 Å². The van der Waals surface area contributed by atoms with Gasteiger partial charge in [0.15, 0.2) is 0 Å². The van der Waals surface area contributed by atoms with E-state index in [0.717, 1.165) is 44.7 Å². The van der Waals surface area contributed by atoms with E-state index < -0.39 is 0 Å². The Balaban J connectivity index is 1.49. The molecule has 0 spiro atoms. The molecule has 0 unspecified atom stereocenters. The Morgan fingerprint density at radius 2 is 1.62 bits per heavy atom. The minimum absolute atomic E-state index is 0.0186. The molecule has 0 aromatic heterocycles. The van der Waals surface area contributed by atoms with Gasteiger partial charge in [-0.05, 0) is 44.4 Å². The molecule has 3 fully saturated rings. The van der Waals surface area contributed by atoms with E-state index in [1.54, 1.807) is 0 Å². The van der Waals surface area contributed by atoms with Gasteiger partial charge < -0.3 is 10.2 Å². The second kappa shape index (κ2) is 6.80. The number of likely N-dealkylation sites (tertiary alicyclic amines) is 1.